The highest BCUT2D eigenvalue weighted by Gasteiger charge is 2.33. The molecule has 9 heteroatoms. The van der Waals surface area contributed by atoms with Crippen LogP contribution in [0.2, 0.25) is 0 Å². The molecule has 1 saturated heterocycles. The van der Waals surface area contributed by atoms with Gasteiger partial charge < -0.3 is 9.88 Å². The predicted molar refractivity (Wildman–Crippen MR) is 118 cm³/mol. The number of rotatable bonds is 6. The van der Waals surface area contributed by atoms with E-state index in [4.69, 9.17) is 0 Å². The Morgan fingerprint density at radius 1 is 1.19 bits per heavy atom. The van der Waals surface area contributed by atoms with Crippen LogP contribution in [0, 0.1) is 18.7 Å². The second-order valence-corrected chi connectivity index (χ2v) is 9.79. The number of hydrogen-bond acceptors (Lipinski definition) is 4. The van der Waals surface area contributed by atoms with Gasteiger partial charge in [0.15, 0.2) is 0 Å². The molecule has 0 bridgehead atoms. The van der Waals surface area contributed by atoms with Gasteiger partial charge in [0.1, 0.15) is 11.6 Å². The third-order valence-corrected chi connectivity index (χ3v) is 7.62. The zero-order chi connectivity index (χ0) is 22.7. The van der Waals surface area contributed by atoms with Crippen molar-refractivity contribution in [2.75, 3.05) is 13.1 Å². The fraction of sp³-hybridized carbons (Fsp3) is 0.304. The number of carbonyl (C=O) groups excluding carboxylic acids is 1. The summed E-state index contributed by atoms with van der Waals surface area (Å²) in [5, 5.41) is 2.97. The summed E-state index contributed by atoms with van der Waals surface area (Å²) in [4.78, 5) is 17.2. The van der Waals surface area contributed by atoms with Crippen molar-refractivity contribution < 1.29 is 17.6 Å². The number of piperidine rings is 1. The van der Waals surface area contributed by atoms with Gasteiger partial charge in [0.05, 0.1) is 16.5 Å². The molecule has 168 valence electrons. The zero-order valence-corrected chi connectivity index (χ0v) is 18.6. The molecule has 0 saturated carbocycles. The topological polar surface area (TPSA) is 84.3 Å². The number of para-hydroxylation sites is 1. The van der Waals surface area contributed by atoms with Gasteiger partial charge in [-0.15, -0.1) is 0 Å². The average Bonchev–Trinajstić information content (AvgIpc) is 3.23. The molecule has 4 rings (SSSR count). The van der Waals surface area contributed by atoms with Crippen LogP contribution in [0.1, 0.15) is 24.2 Å². The van der Waals surface area contributed by atoms with Crippen LogP contribution in [0.4, 0.5) is 4.39 Å². The minimum atomic E-state index is -3.78. The third kappa shape index (κ3) is 4.58. The van der Waals surface area contributed by atoms with Crippen molar-refractivity contribution in [3.05, 3.63) is 78.1 Å². The fourth-order valence-corrected chi connectivity index (χ4v) is 5.51. The van der Waals surface area contributed by atoms with E-state index >= 15 is 0 Å². The van der Waals surface area contributed by atoms with Crippen LogP contribution in [0.25, 0.3) is 5.69 Å². The Bertz CT molecular complexity index is 1210. The van der Waals surface area contributed by atoms with E-state index in [0.717, 1.165) is 29.2 Å². The molecule has 32 heavy (non-hydrogen) atoms. The molecule has 1 amide bonds. The first-order chi connectivity index (χ1) is 15.4. The molecule has 1 fully saturated rings. The summed E-state index contributed by atoms with van der Waals surface area (Å²) in [6, 6.07) is 12.5. The second-order valence-electron chi connectivity index (χ2n) is 7.85. The molecule has 3 aromatic rings. The first-order valence-corrected chi connectivity index (χ1v) is 11.9. The van der Waals surface area contributed by atoms with Crippen LogP contribution in [0.3, 0.4) is 0 Å². The molecule has 0 spiro atoms. The Morgan fingerprint density at radius 3 is 2.66 bits per heavy atom. The van der Waals surface area contributed by atoms with Crippen molar-refractivity contribution in [1.82, 2.24) is 19.2 Å². The summed E-state index contributed by atoms with van der Waals surface area (Å²) >= 11 is 0. The quantitative estimate of drug-likeness (QED) is 0.618. The number of imidazole rings is 1. The van der Waals surface area contributed by atoms with Crippen LogP contribution in [-0.4, -0.2) is 41.3 Å². The van der Waals surface area contributed by atoms with E-state index in [2.05, 4.69) is 10.3 Å². The molecule has 0 aliphatic carbocycles. The van der Waals surface area contributed by atoms with Gasteiger partial charge in [-0.1, -0.05) is 18.2 Å². The standard InChI is InChI=1S/C23H25FN4O3S/c1-17-25-12-14-28(17)22-7-3-2-5-18(22)15-26-23(29)19-6-4-13-27(16-19)32(30,31)21-10-8-20(24)9-11-21/h2-3,5,7-12,14,19H,4,6,13,15-16H2,1H3,(H,26,29)/t19-/m0/s1. The molecule has 1 aromatic heterocycles. The average molecular weight is 457 g/mol. The predicted octanol–water partition coefficient (Wildman–Crippen LogP) is 3.04. The monoisotopic (exact) mass is 456 g/mol. The fourth-order valence-electron chi connectivity index (χ4n) is 3.98. The zero-order valence-electron chi connectivity index (χ0n) is 17.7. The van der Waals surface area contributed by atoms with Gasteiger partial charge in [-0.25, -0.2) is 17.8 Å². The summed E-state index contributed by atoms with van der Waals surface area (Å²) in [6.07, 6.45) is 4.80. The molecular weight excluding hydrogens is 431 g/mol. The number of amides is 1. The summed E-state index contributed by atoms with van der Waals surface area (Å²) in [5.41, 5.74) is 1.88. The van der Waals surface area contributed by atoms with Crippen LogP contribution in [-0.2, 0) is 21.4 Å². The molecule has 0 unspecified atom stereocenters. The minimum absolute atomic E-state index is 0.0320. The number of sulfonamides is 1. The minimum Gasteiger partial charge on any atom is -0.352 e. The molecule has 1 aliphatic rings. The van der Waals surface area contributed by atoms with E-state index in [1.807, 2.05) is 42.0 Å². The number of nitrogens with zero attached hydrogens (tertiary/aromatic N) is 3. The molecule has 1 N–H and O–H groups in total. The van der Waals surface area contributed by atoms with Crippen LogP contribution in [0.5, 0.6) is 0 Å². The van der Waals surface area contributed by atoms with E-state index < -0.39 is 21.8 Å². The van der Waals surface area contributed by atoms with Crippen molar-refractivity contribution in [2.45, 2.75) is 31.2 Å². The lowest BCUT2D eigenvalue weighted by Crippen LogP contribution is -2.45. The maximum absolute atomic E-state index is 13.2. The largest absolute Gasteiger partial charge is 0.352 e. The Hall–Kier alpha value is -3.04. The molecule has 7 nitrogen and oxygen atoms in total. The molecule has 2 heterocycles. The maximum Gasteiger partial charge on any atom is 0.243 e. The van der Waals surface area contributed by atoms with E-state index in [-0.39, 0.29) is 17.3 Å². The van der Waals surface area contributed by atoms with E-state index in [0.29, 0.717) is 25.9 Å². The first kappa shape index (κ1) is 22.2. The normalized spacial score (nSPS) is 17.2. The number of carbonyl (C=O) groups is 1. The van der Waals surface area contributed by atoms with E-state index in [9.17, 15) is 17.6 Å². The lowest BCUT2D eigenvalue weighted by atomic mass is 9.98. The highest BCUT2D eigenvalue weighted by Crippen LogP contribution is 2.24. The summed E-state index contributed by atoms with van der Waals surface area (Å²) in [5.74, 6) is -0.272. The highest BCUT2D eigenvalue weighted by molar-refractivity contribution is 7.89. The molecular formula is C23H25FN4O3S. The van der Waals surface area contributed by atoms with Crippen molar-refractivity contribution >= 4 is 15.9 Å². The van der Waals surface area contributed by atoms with Crippen molar-refractivity contribution in [2.24, 2.45) is 5.92 Å². The maximum atomic E-state index is 13.2. The Balaban J connectivity index is 1.44. The Morgan fingerprint density at radius 2 is 1.94 bits per heavy atom. The van der Waals surface area contributed by atoms with Crippen LogP contribution < -0.4 is 5.32 Å². The van der Waals surface area contributed by atoms with Gasteiger partial charge in [-0.3, -0.25) is 4.79 Å². The van der Waals surface area contributed by atoms with Crippen LogP contribution in [0.15, 0.2) is 65.8 Å². The van der Waals surface area contributed by atoms with Crippen molar-refractivity contribution in [3.63, 3.8) is 0 Å². The Labute approximate surface area is 186 Å². The summed E-state index contributed by atoms with van der Waals surface area (Å²) in [7, 11) is -3.78. The van der Waals surface area contributed by atoms with Gasteiger partial charge in [0.25, 0.3) is 0 Å². The highest BCUT2D eigenvalue weighted by atomic mass is 32.2. The lowest BCUT2D eigenvalue weighted by Gasteiger charge is -2.31. The van der Waals surface area contributed by atoms with Crippen molar-refractivity contribution in [1.29, 1.82) is 0 Å². The number of hydrogen-bond donors (Lipinski definition) is 1. The Kier molecular flexibility index (Phi) is 6.38. The third-order valence-electron chi connectivity index (χ3n) is 5.74. The van der Waals surface area contributed by atoms with Crippen molar-refractivity contribution in [3.8, 4) is 5.69 Å². The molecule has 1 atom stereocenters. The number of halogens is 1. The van der Waals surface area contributed by atoms with Gasteiger partial charge in [0.2, 0.25) is 15.9 Å². The molecule has 2 aromatic carbocycles. The molecule has 1 aliphatic heterocycles. The summed E-state index contributed by atoms with van der Waals surface area (Å²) in [6.45, 7) is 2.68. The van der Waals surface area contributed by atoms with Gasteiger partial charge >= 0.3 is 0 Å². The summed E-state index contributed by atoms with van der Waals surface area (Å²) < 4.78 is 42.3. The second kappa shape index (κ2) is 9.22. The van der Waals surface area contributed by atoms with Gasteiger partial charge in [-0.2, -0.15) is 4.31 Å². The SMILES string of the molecule is Cc1nccn1-c1ccccc1CNC(=O)[C@H]1CCCN(S(=O)(=O)c2ccc(F)cc2)C1. The van der Waals surface area contributed by atoms with Crippen LogP contribution >= 0.6 is 0 Å². The number of nitrogens with one attached hydrogen (secondary N) is 1. The van der Waals surface area contributed by atoms with Gasteiger partial charge in [0, 0.05) is 32.0 Å². The van der Waals surface area contributed by atoms with E-state index in [1.165, 1.54) is 16.4 Å². The number of aryl methyl sites for hydroxylation is 1. The van der Waals surface area contributed by atoms with E-state index in [1.54, 1.807) is 6.20 Å². The van der Waals surface area contributed by atoms with Gasteiger partial charge in [-0.05, 0) is 55.7 Å². The number of benzene rings is 2. The number of aromatic nitrogens is 2. The first-order valence-electron chi connectivity index (χ1n) is 10.5. The molecule has 0 radical (unpaired) electrons. The smallest absolute Gasteiger partial charge is 0.243 e. The lowest BCUT2D eigenvalue weighted by molar-refractivity contribution is -0.126.